The molecule has 0 bridgehead atoms. The van der Waals surface area contributed by atoms with Crippen molar-refractivity contribution in [2.75, 3.05) is 0 Å². The van der Waals surface area contributed by atoms with E-state index in [4.69, 9.17) is 0 Å². The fraction of sp³-hybridized carbons (Fsp3) is 0.250. The molecule has 1 heterocycles. The van der Waals surface area contributed by atoms with E-state index < -0.39 is 11.9 Å². The molecule has 1 aromatic carbocycles. The first kappa shape index (κ1) is 16.5. The molecule has 2 rings (SSSR count). The first-order valence-electron chi connectivity index (χ1n) is 6.55. The molecule has 0 atom stereocenters. The fourth-order valence-corrected chi connectivity index (χ4v) is 1.45. The largest absolute Gasteiger partial charge is 0.393 e. The summed E-state index contributed by atoms with van der Waals surface area (Å²) in [5.74, 6) is -1.68. The van der Waals surface area contributed by atoms with Gasteiger partial charge in [-0.3, -0.25) is 19.4 Å². The van der Waals surface area contributed by atoms with Crippen LogP contribution in [0.3, 0.4) is 0 Å². The first-order chi connectivity index (χ1) is 10.0. The van der Waals surface area contributed by atoms with Crippen LogP contribution >= 0.6 is 0 Å². The van der Waals surface area contributed by atoms with Gasteiger partial charge in [0.05, 0.1) is 5.52 Å². The molecule has 0 fully saturated rings. The first-order valence-corrected chi connectivity index (χ1v) is 6.55. The van der Waals surface area contributed by atoms with Crippen LogP contribution in [0.2, 0.25) is 0 Å². The molecule has 0 unspecified atom stereocenters. The minimum Gasteiger partial charge on any atom is -0.393 e. The van der Waals surface area contributed by atoms with Crippen molar-refractivity contribution in [3.8, 4) is 0 Å². The summed E-state index contributed by atoms with van der Waals surface area (Å²) >= 11 is 0. The van der Waals surface area contributed by atoms with E-state index in [9.17, 15) is 14.4 Å². The molecule has 0 aliphatic heterocycles. The number of hydrogen-bond donors (Lipinski definition) is 0. The van der Waals surface area contributed by atoms with Crippen molar-refractivity contribution < 1.29 is 19.1 Å². The third kappa shape index (κ3) is 6.42. The van der Waals surface area contributed by atoms with Gasteiger partial charge >= 0.3 is 11.9 Å². The zero-order valence-corrected chi connectivity index (χ0v) is 12.0. The van der Waals surface area contributed by atoms with E-state index in [1.807, 2.05) is 30.5 Å². The Morgan fingerprint density at radius 1 is 1.05 bits per heavy atom. The van der Waals surface area contributed by atoms with Crippen LogP contribution in [0.15, 0.2) is 42.6 Å². The summed E-state index contributed by atoms with van der Waals surface area (Å²) in [4.78, 5) is 35.5. The van der Waals surface area contributed by atoms with Crippen LogP contribution < -0.4 is 0 Å². The Balaban J connectivity index is 0.000000210. The molecule has 1 aromatic heterocycles. The number of nitrogens with zero attached hydrogens (tertiary/aromatic N) is 1. The van der Waals surface area contributed by atoms with Gasteiger partial charge in [0.25, 0.3) is 0 Å². The Labute approximate surface area is 122 Å². The number of esters is 2. The number of carbonyl (C=O) groups excluding carboxylic acids is 3. The lowest BCUT2D eigenvalue weighted by atomic mass is 10.2. The molecule has 0 spiro atoms. The Bertz CT molecular complexity index is 571. The molecular weight excluding hydrogens is 270 g/mol. The summed E-state index contributed by atoms with van der Waals surface area (Å²) in [5, 5.41) is 1.20. The van der Waals surface area contributed by atoms with Crippen molar-refractivity contribution in [2.45, 2.75) is 26.7 Å². The van der Waals surface area contributed by atoms with Gasteiger partial charge in [-0.15, -0.1) is 0 Å². The number of para-hydroxylation sites is 1. The van der Waals surface area contributed by atoms with E-state index in [2.05, 4.69) is 21.9 Å². The van der Waals surface area contributed by atoms with E-state index >= 15 is 0 Å². The van der Waals surface area contributed by atoms with Crippen LogP contribution in [0, 0.1) is 0 Å². The summed E-state index contributed by atoms with van der Waals surface area (Å²) in [5.41, 5.74) is 1.06. The van der Waals surface area contributed by atoms with Gasteiger partial charge in [-0.05, 0) is 19.1 Å². The molecule has 2 aromatic rings. The second-order valence-electron chi connectivity index (χ2n) is 4.27. The number of benzene rings is 1. The van der Waals surface area contributed by atoms with E-state index in [0.717, 1.165) is 5.52 Å². The Morgan fingerprint density at radius 3 is 2.33 bits per heavy atom. The molecule has 5 heteroatoms. The number of aromatic nitrogens is 1. The second kappa shape index (κ2) is 8.58. The number of ketones is 1. The lowest BCUT2D eigenvalue weighted by Gasteiger charge is -1.97. The number of pyridine rings is 1. The molecular formula is C16H17NO4. The van der Waals surface area contributed by atoms with Crippen LogP contribution in [-0.4, -0.2) is 22.7 Å². The number of fused-ring (bicyclic) bond motifs is 1. The molecule has 0 saturated carbocycles. The maximum atomic E-state index is 10.6. The molecule has 0 saturated heterocycles. The van der Waals surface area contributed by atoms with Gasteiger partial charge in [-0.1, -0.05) is 31.2 Å². The predicted octanol–water partition coefficient (Wildman–Crippen LogP) is 2.68. The van der Waals surface area contributed by atoms with Crippen molar-refractivity contribution in [2.24, 2.45) is 0 Å². The highest BCUT2D eigenvalue weighted by molar-refractivity contribution is 5.98. The molecule has 0 aliphatic rings. The van der Waals surface area contributed by atoms with Crippen molar-refractivity contribution in [3.63, 3.8) is 0 Å². The summed E-state index contributed by atoms with van der Waals surface area (Å²) in [6, 6.07) is 12.1. The minimum absolute atomic E-state index is 0.143. The molecule has 0 amide bonds. The van der Waals surface area contributed by atoms with Crippen LogP contribution in [-0.2, 0) is 19.1 Å². The van der Waals surface area contributed by atoms with Gasteiger partial charge in [0.1, 0.15) is 12.2 Å². The van der Waals surface area contributed by atoms with Crippen LogP contribution in [0.4, 0.5) is 0 Å². The summed E-state index contributed by atoms with van der Waals surface area (Å²) < 4.78 is 4.21. The lowest BCUT2D eigenvalue weighted by Crippen LogP contribution is -2.13. The van der Waals surface area contributed by atoms with Crippen LogP contribution in [0.25, 0.3) is 10.9 Å². The standard InChI is InChI=1S/C9H7N.C7H10O4/c1-2-6-9-8(4-1)5-3-7-10-9;1-3-6(9)11-7(10)4-5(2)8/h1-7H;3-4H2,1-2H3. The number of Topliss-reactive ketones (excluding diaryl/α,β-unsaturated/α-hetero) is 1. The fourth-order valence-electron chi connectivity index (χ4n) is 1.45. The second-order valence-corrected chi connectivity index (χ2v) is 4.27. The monoisotopic (exact) mass is 287 g/mol. The van der Waals surface area contributed by atoms with Gasteiger partial charge < -0.3 is 4.74 Å². The highest BCUT2D eigenvalue weighted by atomic mass is 16.6. The highest BCUT2D eigenvalue weighted by Crippen LogP contribution is 2.07. The predicted molar refractivity (Wildman–Crippen MR) is 78.4 cm³/mol. The third-order valence-electron chi connectivity index (χ3n) is 2.42. The van der Waals surface area contributed by atoms with Crippen molar-refractivity contribution in [1.82, 2.24) is 4.98 Å². The molecule has 5 nitrogen and oxygen atoms in total. The van der Waals surface area contributed by atoms with Gasteiger partial charge in [-0.25, -0.2) is 0 Å². The zero-order valence-electron chi connectivity index (χ0n) is 12.0. The average Bonchev–Trinajstić information content (AvgIpc) is 2.47. The quantitative estimate of drug-likeness (QED) is 0.641. The Hall–Kier alpha value is -2.56. The van der Waals surface area contributed by atoms with E-state index in [1.165, 1.54) is 12.3 Å². The van der Waals surface area contributed by atoms with E-state index in [0.29, 0.717) is 0 Å². The van der Waals surface area contributed by atoms with Gasteiger partial charge in [0.2, 0.25) is 0 Å². The summed E-state index contributed by atoms with van der Waals surface area (Å²) in [7, 11) is 0. The number of hydrogen-bond acceptors (Lipinski definition) is 5. The highest BCUT2D eigenvalue weighted by Gasteiger charge is 2.09. The van der Waals surface area contributed by atoms with E-state index in [-0.39, 0.29) is 18.6 Å². The maximum absolute atomic E-state index is 10.6. The summed E-state index contributed by atoms with van der Waals surface area (Å²) in [6.07, 6.45) is 1.62. The maximum Gasteiger partial charge on any atom is 0.320 e. The number of carbonyl (C=O) groups is 3. The minimum atomic E-state index is -0.774. The van der Waals surface area contributed by atoms with Gasteiger partial charge in [0.15, 0.2) is 0 Å². The molecule has 0 aliphatic carbocycles. The van der Waals surface area contributed by atoms with Crippen molar-refractivity contribution in [1.29, 1.82) is 0 Å². The Kier molecular flexibility index (Phi) is 6.74. The molecule has 110 valence electrons. The van der Waals surface area contributed by atoms with Gasteiger partial charge in [0, 0.05) is 18.0 Å². The topological polar surface area (TPSA) is 73.3 Å². The molecule has 21 heavy (non-hydrogen) atoms. The van der Waals surface area contributed by atoms with E-state index in [1.54, 1.807) is 6.92 Å². The van der Waals surface area contributed by atoms with Crippen LogP contribution in [0.5, 0.6) is 0 Å². The SMILES string of the molecule is CCC(=O)OC(=O)CC(C)=O.c1ccc2ncccc2c1. The third-order valence-corrected chi connectivity index (χ3v) is 2.42. The number of rotatable bonds is 3. The van der Waals surface area contributed by atoms with Crippen molar-refractivity contribution in [3.05, 3.63) is 42.6 Å². The summed E-state index contributed by atoms with van der Waals surface area (Å²) in [6.45, 7) is 2.83. The van der Waals surface area contributed by atoms with Crippen molar-refractivity contribution >= 4 is 28.6 Å². The number of ether oxygens (including phenoxy) is 1. The van der Waals surface area contributed by atoms with Crippen LogP contribution in [0.1, 0.15) is 26.7 Å². The molecule has 0 N–H and O–H groups in total. The average molecular weight is 287 g/mol. The zero-order chi connectivity index (χ0) is 15.7. The molecule has 0 radical (unpaired) electrons. The Morgan fingerprint density at radius 2 is 1.71 bits per heavy atom. The lowest BCUT2D eigenvalue weighted by molar-refractivity contribution is -0.159. The smallest absolute Gasteiger partial charge is 0.320 e. The van der Waals surface area contributed by atoms with Gasteiger partial charge in [-0.2, -0.15) is 0 Å². The normalized spacial score (nSPS) is 9.43.